The Balaban J connectivity index is 3.27. The summed E-state index contributed by atoms with van der Waals surface area (Å²) in [5.74, 6) is 0. The van der Waals surface area contributed by atoms with Crippen molar-refractivity contribution >= 4 is 0 Å². The van der Waals surface area contributed by atoms with Gasteiger partial charge in [-0.3, -0.25) is 0 Å². The largest absolute Gasteiger partial charge is 0.396 e. The lowest BCUT2D eigenvalue weighted by Gasteiger charge is -2.12. The van der Waals surface area contributed by atoms with Gasteiger partial charge in [0, 0.05) is 6.61 Å². The highest BCUT2D eigenvalue weighted by Crippen LogP contribution is 2.13. The average Bonchev–Trinajstić information content (AvgIpc) is 2.40. The van der Waals surface area contributed by atoms with E-state index < -0.39 is 0 Å². The quantitative estimate of drug-likeness (QED) is 0.367. The molecule has 0 rings (SSSR count). The predicted molar refractivity (Wildman–Crippen MR) is 76.1 cm³/mol. The number of unbranched alkanes of at least 4 members (excludes halogenated alkanes) is 4. The second-order valence-electron chi connectivity index (χ2n) is 5.28. The summed E-state index contributed by atoms with van der Waals surface area (Å²) in [6.07, 6.45) is 8.76. The zero-order valence-electron chi connectivity index (χ0n) is 12.0. The van der Waals surface area contributed by atoms with Gasteiger partial charge < -0.3 is 20.4 Å². The third-order valence-corrected chi connectivity index (χ3v) is 3.39. The molecule has 0 aliphatic heterocycles. The molecule has 4 N–H and O–H groups in total. The van der Waals surface area contributed by atoms with Crippen molar-refractivity contribution < 1.29 is 20.4 Å². The first kappa shape index (κ1) is 18.8. The van der Waals surface area contributed by atoms with Gasteiger partial charge in [0.15, 0.2) is 0 Å². The molecule has 115 valence electrons. The molecule has 0 aromatic carbocycles. The van der Waals surface area contributed by atoms with E-state index in [0.29, 0.717) is 6.42 Å². The molecule has 0 fully saturated rings. The highest BCUT2D eigenvalue weighted by Gasteiger charge is 2.06. The molecule has 2 atom stereocenters. The van der Waals surface area contributed by atoms with Gasteiger partial charge in [-0.25, -0.2) is 0 Å². The van der Waals surface area contributed by atoms with Crippen LogP contribution in [0, 0.1) is 6.61 Å². The van der Waals surface area contributed by atoms with Crippen molar-refractivity contribution in [1.29, 1.82) is 0 Å². The lowest BCUT2D eigenvalue weighted by molar-refractivity contribution is 0.130. The molecule has 4 nitrogen and oxygen atoms in total. The molecule has 0 aromatic heterocycles. The first-order valence-electron chi connectivity index (χ1n) is 7.63. The number of hydrogen-bond acceptors (Lipinski definition) is 4. The second-order valence-corrected chi connectivity index (χ2v) is 5.28. The number of aliphatic hydroxyl groups is 4. The summed E-state index contributed by atoms with van der Waals surface area (Å²) >= 11 is 0. The summed E-state index contributed by atoms with van der Waals surface area (Å²) in [6.45, 7) is 1.37. The molecule has 0 bridgehead atoms. The van der Waals surface area contributed by atoms with Gasteiger partial charge in [0.1, 0.15) is 0 Å². The van der Waals surface area contributed by atoms with Crippen molar-refractivity contribution in [3.63, 3.8) is 0 Å². The van der Waals surface area contributed by atoms with Crippen molar-refractivity contribution in [2.45, 2.75) is 82.8 Å². The molecule has 0 spiro atoms. The summed E-state index contributed by atoms with van der Waals surface area (Å²) in [6, 6.07) is 0. The van der Waals surface area contributed by atoms with Crippen LogP contribution in [0.4, 0.5) is 0 Å². The van der Waals surface area contributed by atoms with Gasteiger partial charge in [0.05, 0.1) is 18.8 Å². The Morgan fingerprint density at radius 3 is 1.53 bits per heavy atom. The first-order valence-corrected chi connectivity index (χ1v) is 7.63. The van der Waals surface area contributed by atoms with Gasteiger partial charge in [0.2, 0.25) is 0 Å². The Bertz CT molecular complexity index is 176. The molecule has 1 radical (unpaired) electrons. The van der Waals surface area contributed by atoms with Gasteiger partial charge >= 0.3 is 0 Å². The van der Waals surface area contributed by atoms with Crippen molar-refractivity contribution in [1.82, 2.24) is 0 Å². The third kappa shape index (κ3) is 14.1. The maximum atomic E-state index is 9.72. The third-order valence-electron chi connectivity index (χ3n) is 3.39. The van der Waals surface area contributed by atoms with Crippen LogP contribution in [0.1, 0.15) is 70.6 Å². The molecule has 0 aromatic rings. The fourth-order valence-electron chi connectivity index (χ4n) is 2.16. The highest BCUT2D eigenvalue weighted by atomic mass is 16.3. The summed E-state index contributed by atoms with van der Waals surface area (Å²) in [4.78, 5) is 0. The lowest BCUT2D eigenvalue weighted by Crippen LogP contribution is -2.09. The number of hydrogen-bond donors (Lipinski definition) is 4. The van der Waals surface area contributed by atoms with Crippen LogP contribution >= 0.6 is 0 Å². The van der Waals surface area contributed by atoms with Crippen molar-refractivity contribution in [2.75, 3.05) is 6.61 Å². The normalized spacial score (nSPS) is 14.5. The molecule has 0 saturated carbocycles. The van der Waals surface area contributed by atoms with E-state index in [4.69, 9.17) is 10.2 Å². The number of rotatable bonds is 14. The molecule has 4 heteroatoms. The molecule has 0 saturated heterocycles. The minimum absolute atomic E-state index is 0.201. The van der Waals surface area contributed by atoms with Crippen molar-refractivity contribution in [3.8, 4) is 0 Å². The summed E-state index contributed by atoms with van der Waals surface area (Å²) in [7, 11) is 0. The minimum atomic E-state index is -0.260. The topological polar surface area (TPSA) is 80.9 Å². The van der Waals surface area contributed by atoms with E-state index >= 15 is 0 Å². The average molecular weight is 275 g/mol. The summed E-state index contributed by atoms with van der Waals surface area (Å²) < 4.78 is 0. The van der Waals surface area contributed by atoms with Gasteiger partial charge in [-0.05, 0) is 44.9 Å². The van der Waals surface area contributed by atoms with E-state index in [1.165, 1.54) is 6.61 Å². The van der Waals surface area contributed by atoms with Crippen LogP contribution in [0.3, 0.4) is 0 Å². The maximum absolute atomic E-state index is 9.72. The van der Waals surface area contributed by atoms with Crippen LogP contribution in [0.2, 0.25) is 0 Å². The van der Waals surface area contributed by atoms with Crippen LogP contribution in [0.5, 0.6) is 0 Å². The van der Waals surface area contributed by atoms with Crippen molar-refractivity contribution in [2.24, 2.45) is 0 Å². The summed E-state index contributed by atoms with van der Waals surface area (Å²) in [5, 5.41) is 36.5. The fourth-order valence-corrected chi connectivity index (χ4v) is 2.16. The van der Waals surface area contributed by atoms with Crippen LogP contribution < -0.4 is 0 Å². The lowest BCUT2D eigenvalue weighted by atomic mass is 10.0. The minimum Gasteiger partial charge on any atom is -0.396 e. The molecular weight excluding hydrogens is 244 g/mol. The van der Waals surface area contributed by atoms with Crippen LogP contribution in [-0.2, 0) is 0 Å². The molecular formula is C15H31O4. The van der Waals surface area contributed by atoms with Gasteiger partial charge in [-0.1, -0.05) is 25.7 Å². The van der Waals surface area contributed by atoms with Crippen LogP contribution in [0.15, 0.2) is 0 Å². The van der Waals surface area contributed by atoms with Crippen LogP contribution in [0.25, 0.3) is 0 Å². The summed E-state index contributed by atoms with van der Waals surface area (Å²) in [5.41, 5.74) is 0. The Morgan fingerprint density at radius 1 is 0.684 bits per heavy atom. The number of aliphatic hydroxyl groups excluding tert-OH is 4. The Hall–Kier alpha value is -0.160. The SMILES string of the molecule is O[CH]CCCCC(O)CCCCC(O)CCCCO. The molecule has 0 aliphatic rings. The Labute approximate surface area is 117 Å². The first-order chi connectivity index (χ1) is 9.20. The van der Waals surface area contributed by atoms with E-state index in [1.807, 2.05) is 0 Å². The Kier molecular flexibility index (Phi) is 14.1. The van der Waals surface area contributed by atoms with Gasteiger partial charge in [-0.15, -0.1) is 0 Å². The molecule has 2 unspecified atom stereocenters. The maximum Gasteiger partial charge on any atom is 0.0799 e. The zero-order chi connectivity index (χ0) is 14.3. The van der Waals surface area contributed by atoms with E-state index in [-0.39, 0.29) is 18.8 Å². The second kappa shape index (κ2) is 14.3. The van der Waals surface area contributed by atoms with E-state index in [1.54, 1.807) is 0 Å². The standard InChI is InChI=1S/C15H31O4/c16-12-6-1-2-8-14(18)9-3-4-10-15(19)11-5-7-13-17/h12,14-19H,1-11,13H2. The van der Waals surface area contributed by atoms with E-state index in [2.05, 4.69) is 0 Å². The predicted octanol–water partition coefficient (Wildman–Crippen LogP) is 2.53. The highest BCUT2D eigenvalue weighted by molar-refractivity contribution is 4.61. The smallest absolute Gasteiger partial charge is 0.0799 e. The fraction of sp³-hybridized carbons (Fsp3) is 0.933. The molecule has 0 aliphatic carbocycles. The zero-order valence-corrected chi connectivity index (χ0v) is 12.0. The van der Waals surface area contributed by atoms with Gasteiger partial charge in [0.25, 0.3) is 0 Å². The monoisotopic (exact) mass is 275 g/mol. The molecule has 0 heterocycles. The van der Waals surface area contributed by atoms with Crippen LogP contribution in [-0.4, -0.2) is 39.2 Å². The Morgan fingerprint density at radius 2 is 1.11 bits per heavy atom. The van der Waals surface area contributed by atoms with Gasteiger partial charge in [-0.2, -0.15) is 0 Å². The van der Waals surface area contributed by atoms with E-state index in [9.17, 15) is 10.2 Å². The van der Waals surface area contributed by atoms with Crippen molar-refractivity contribution in [3.05, 3.63) is 6.61 Å². The molecule has 19 heavy (non-hydrogen) atoms. The van der Waals surface area contributed by atoms with E-state index in [0.717, 1.165) is 64.2 Å². The molecule has 0 amide bonds.